The predicted octanol–water partition coefficient (Wildman–Crippen LogP) is -1.21. The van der Waals surface area contributed by atoms with E-state index in [1.165, 1.54) is 0 Å². The number of hydrogen-bond donors (Lipinski definition) is 3. The predicted molar refractivity (Wildman–Crippen MR) is 30.1 cm³/mol. The van der Waals surface area contributed by atoms with Crippen LogP contribution in [0.15, 0.2) is 0 Å². The van der Waals surface area contributed by atoms with Gasteiger partial charge in [-0.2, -0.15) is 0 Å². The summed E-state index contributed by atoms with van der Waals surface area (Å²) in [7, 11) is 0. The normalized spacial score (nSPS) is 36.2. The third-order valence-corrected chi connectivity index (χ3v) is 1.39. The number of β-amino-alcohol motifs (C(OH)–C–C–N with tert-alkyl or cyclic N) is 1. The molecule has 1 aliphatic rings. The van der Waals surface area contributed by atoms with E-state index in [2.05, 4.69) is 10.4 Å². The molecule has 0 radical (unpaired) electrons. The second kappa shape index (κ2) is 2.33. The van der Waals surface area contributed by atoms with Crippen LogP contribution in [0.2, 0.25) is 0 Å². The van der Waals surface area contributed by atoms with Gasteiger partial charge in [-0.05, 0) is 0 Å². The van der Waals surface area contributed by atoms with Gasteiger partial charge in [0.2, 0.25) is 1.43 Å². The van der Waals surface area contributed by atoms with Gasteiger partial charge in [0.05, 0.1) is 6.10 Å². The molecule has 1 heterocycles. The number of nitrogens with one attached hydrogen (secondary N) is 1. The number of carboxylic acids is 1. The van der Waals surface area contributed by atoms with Gasteiger partial charge in [-0.3, -0.25) is 4.79 Å². The van der Waals surface area contributed by atoms with E-state index in [9.17, 15) is 4.79 Å². The van der Waals surface area contributed by atoms with Gasteiger partial charge in [0.15, 0.2) is 0 Å². The molecule has 3 N–H and O–H groups in total. The molecule has 0 aromatic carbocycles. The van der Waals surface area contributed by atoms with E-state index in [-0.39, 0.29) is 6.10 Å². The Kier molecular flexibility index (Phi) is 1.34. The van der Waals surface area contributed by atoms with Crippen molar-refractivity contribution in [3.8, 4) is 0 Å². The van der Waals surface area contributed by atoms with Crippen LogP contribution in [0, 0.1) is 0 Å². The van der Waals surface area contributed by atoms with Gasteiger partial charge in [-0.1, -0.05) is 0 Å². The van der Waals surface area contributed by atoms with Crippen molar-refractivity contribution in [2.75, 3.05) is 6.54 Å². The summed E-state index contributed by atoms with van der Waals surface area (Å²) in [5, 5.41) is 15.4. The van der Waals surface area contributed by atoms with Crippen LogP contribution in [0.5, 0.6) is 0 Å². The van der Waals surface area contributed by atoms with Crippen molar-refractivity contribution in [1.29, 1.82) is 1.43 Å². The average Bonchev–Trinajstić information content (AvgIpc) is 2.34. The monoisotopic (exact) mass is 132 g/mol. The second-order valence-corrected chi connectivity index (χ2v) is 2.16. The fourth-order valence-corrected chi connectivity index (χ4v) is 0.891. The van der Waals surface area contributed by atoms with E-state index in [1.807, 2.05) is 0 Å². The summed E-state index contributed by atoms with van der Waals surface area (Å²) in [5.74, 6) is -0.875. The minimum absolute atomic E-state index is 0.263. The first-order valence-corrected chi connectivity index (χ1v) is 2.82. The lowest BCUT2D eigenvalue weighted by Crippen LogP contribution is -2.29. The highest BCUT2D eigenvalue weighted by molar-refractivity contribution is 5.73. The summed E-state index contributed by atoms with van der Waals surface area (Å²) in [4.78, 5) is 10.3. The summed E-state index contributed by atoms with van der Waals surface area (Å²) in [6, 6.07) is -0.532. The third-order valence-electron chi connectivity index (χ3n) is 1.39. The molecule has 1 aliphatic heterocycles. The van der Waals surface area contributed by atoms with Crippen molar-refractivity contribution in [2.45, 2.75) is 18.6 Å². The summed E-state index contributed by atoms with van der Waals surface area (Å²) in [6.07, 6.45) is 0.125. The molecular formula is C5H9NO3. The molecule has 1 saturated heterocycles. The maximum absolute atomic E-state index is 10.3. The molecule has 52 valence electrons. The Morgan fingerprint density at radius 2 is 2.67 bits per heavy atom. The molecule has 9 heavy (non-hydrogen) atoms. The van der Waals surface area contributed by atoms with Gasteiger partial charge in [-0.15, -0.1) is 0 Å². The molecule has 0 aromatic heterocycles. The maximum Gasteiger partial charge on any atom is 0.320 e. The Morgan fingerprint density at radius 3 is 3.00 bits per heavy atom. The molecule has 0 aliphatic carbocycles. The zero-order valence-electron chi connectivity index (χ0n) is 5.83. The molecule has 4 nitrogen and oxygen atoms in total. The van der Waals surface area contributed by atoms with Gasteiger partial charge in [-0.25, -0.2) is 0 Å². The van der Waals surface area contributed by atoms with Gasteiger partial charge in [0.25, 0.3) is 0 Å². The summed E-state index contributed by atoms with van der Waals surface area (Å²) < 4.78 is 6.50. The maximum atomic E-state index is 10.3. The lowest BCUT2D eigenvalue weighted by molar-refractivity contribution is -0.139. The van der Waals surface area contributed by atoms with E-state index < -0.39 is 12.0 Å². The summed E-state index contributed by atoms with van der Waals surface area (Å²) >= 11 is 0. The van der Waals surface area contributed by atoms with Crippen LogP contribution in [0.4, 0.5) is 0 Å². The molecule has 0 saturated carbocycles. The van der Waals surface area contributed by atoms with Crippen LogP contribution in [0.25, 0.3) is 0 Å². The van der Waals surface area contributed by atoms with Gasteiger partial charge in [0, 0.05) is 13.0 Å². The molecule has 1 rings (SSSR count). The Labute approximate surface area is 54.0 Å². The fraction of sp³-hybridized carbons (Fsp3) is 0.800. The molecule has 1 fully saturated rings. The highest BCUT2D eigenvalue weighted by Gasteiger charge is 2.27. The van der Waals surface area contributed by atoms with Crippen LogP contribution < -0.4 is 5.32 Å². The largest absolute Gasteiger partial charge is 0.480 e. The first-order chi connectivity index (χ1) is 4.74. The Hall–Kier alpha value is -0.610. The quantitative estimate of drug-likeness (QED) is 0.441. The molecule has 4 heteroatoms. The van der Waals surface area contributed by atoms with Crippen molar-refractivity contribution < 1.29 is 15.0 Å². The van der Waals surface area contributed by atoms with E-state index in [1.54, 1.807) is 0 Å². The third kappa shape index (κ3) is 1.40. The van der Waals surface area contributed by atoms with Crippen molar-refractivity contribution in [3.05, 3.63) is 0 Å². The van der Waals surface area contributed by atoms with Gasteiger partial charge in [0.1, 0.15) is 6.04 Å². The topological polar surface area (TPSA) is 69.6 Å². The lowest BCUT2D eigenvalue weighted by atomic mass is 10.2. The molecule has 0 aromatic rings. The number of rotatable bonds is 2. The number of aliphatic hydroxyl groups excluding tert-OH is 1. The smallest absolute Gasteiger partial charge is 0.320 e. The molecule has 0 unspecified atom stereocenters. The summed E-state index contributed by atoms with van der Waals surface area (Å²) in [5.41, 5.74) is 0. The van der Waals surface area contributed by atoms with Gasteiger partial charge < -0.3 is 15.5 Å². The van der Waals surface area contributed by atoms with Crippen LogP contribution >= 0.6 is 0 Å². The zero-order chi connectivity index (χ0) is 7.56. The number of aliphatic hydroxyl groups is 1. The minimum atomic E-state index is -0.875. The molecule has 0 amide bonds. The summed E-state index contributed by atoms with van der Waals surface area (Å²) in [6.45, 7) is 0.459. The van der Waals surface area contributed by atoms with E-state index in [0.717, 1.165) is 0 Å². The highest BCUT2D eigenvalue weighted by atomic mass is 16.4. The lowest BCUT2D eigenvalue weighted by Gasteiger charge is -1.99. The van der Waals surface area contributed by atoms with E-state index in [0.29, 0.717) is 13.0 Å². The van der Waals surface area contributed by atoms with Crippen LogP contribution in [-0.2, 0) is 4.79 Å². The molecule has 0 spiro atoms. The first-order valence-electron chi connectivity index (χ1n) is 3.23. The van der Waals surface area contributed by atoms with Crippen LogP contribution in [0.1, 0.15) is 6.42 Å². The number of hydrogen-bond acceptors (Lipinski definition) is 3. The SMILES string of the molecule is [2H]O[C@@H]1CN[C@H](C(=O)O)C1. The van der Waals surface area contributed by atoms with Crippen molar-refractivity contribution in [3.63, 3.8) is 0 Å². The number of carbonyl (C=O) groups is 1. The Morgan fingerprint density at radius 1 is 1.89 bits per heavy atom. The number of carboxylic acid groups (broad SMARTS) is 1. The van der Waals surface area contributed by atoms with Crippen molar-refractivity contribution in [1.82, 2.24) is 5.32 Å². The minimum Gasteiger partial charge on any atom is -0.480 e. The molecule has 0 bridgehead atoms. The van der Waals surface area contributed by atoms with Gasteiger partial charge >= 0.3 is 5.97 Å². The first kappa shape index (κ1) is 5.20. The van der Waals surface area contributed by atoms with E-state index >= 15 is 0 Å². The van der Waals surface area contributed by atoms with Crippen LogP contribution in [-0.4, -0.2) is 36.3 Å². The zero-order valence-corrected chi connectivity index (χ0v) is 4.83. The molecular weight excluding hydrogens is 122 g/mol. The molecule has 2 atom stereocenters. The Balaban J connectivity index is 2.35. The fourth-order valence-electron chi connectivity index (χ4n) is 0.891. The second-order valence-electron chi connectivity index (χ2n) is 2.16. The number of aliphatic carboxylic acids is 1. The Bertz CT molecular complexity index is 141. The highest BCUT2D eigenvalue weighted by Crippen LogP contribution is 2.05. The standard InChI is InChI=1S/C5H9NO3/c7-3-1-4(5(8)9)6-2-3/h3-4,6-7H,1-2H2,(H,8,9)/t3-,4-/m0/s1/i7D. The van der Waals surface area contributed by atoms with Crippen molar-refractivity contribution in [2.24, 2.45) is 0 Å². The van der Waals surface area contributed by atoms with Crippen molar-refractivity contribution >= 4 is 5.97 Å². The average molecular weight is 132 g/mol. The van der Waals surface area contributed by atoms with Crippen LogP contribution in [0.3, 0.4) is 0 Å². The van der Waals surface area contributed by atoms with E-state index in [4.69, 9.17) is 6.54 Å².